The van der Waals surface area contributed by atoms with E-state index in [1.54, 1.807) is 13.0 Å². The minimum absolute atomic E-state index is 0.0131. The van der Waals surface area contributed by atoms with Crippen molar-refractivity contribution in [1.29, 1.82) is 0 Å². The molecule has 0 unspecified atom stereocenters. The normalized spacial score (nSPS) is 10.7. The minimum atomic E-state index is -0.451. The van der Waals surface area contributed by atoms with Crippen LogP contribution in [0.3, 0.4) is 0 Å². The Kier molecular flexibility index (Phi) is 6.84. The molecule has 27 heavy (non-hydrogen) atoms. The number of nitro benzene ring substituents is 1. The average Bonchev–Trinajstić information content (AvgIpc) is 2.62. The number of aryl methyl sites for hydroxylation is 1. The van der Waals surface area contributed by atoms with Gasteiger partial charge in [0.25, 0.3) is 5.69 Å². The summed E-state index contributed by atoms with van der Waals surface area (Å²) in [5, 5.41) is 13.6. The van der Waals surface area contributed by atoms with Crippen LogP contribution >= 0.6 is 0 Å². The highest BCUT2D eigenvalue weighted by molar-refractivity contribution is 5.91. The number of carbonyl (C=O) groups excluding carboxylic acids is 1. The fourth-order valence-corrected chi connectivity index (χ4v) is 2.57. The van der Waals surface area contributed by atoms with Crippen LogP contribution in [-0.4, -0.2) is 48.4 Å². The molecule has 0 aliphatic rings. The van der Waals surface area contributed by atoms with Crippen LogP contribution in [0.4, 0.5) is 17.2 Å². The molecule has 0 saturated heterocycles. The largest absolute Gasteiger partial charge is 0.363 e. The van der Waals surface area contributed by atoms with E-state index in [1.165, 1.54) is 12.1 Å². The van der Waals surface area contributed by atoms with Crippen LogP contribution in [0, 0.1) is 17.0 Å². The van der Waals surface area contributed by atoms with Crippen LogP contribution in [0.1, 0.15) is 17.5 Å². The summed E-state index contributed by atoms with van der Waals surface area (Å²) in [5.41, 5.74) is 2.35. The number of pyridine rings is 1. The van der Waals surface area contributed by atoms with E-state index in [0.717, 1.165) is 11.4 Å². The van der Waals surface area contributed by atoms with Crippen molar-refractivity contribution >= 4 is 23.1 Å². The molecule has 0 spiro atoms. The summed E-state index contributed by atoms with van der Waals surface area (Å²) in [6.45, 7) is 3.02. The molecule has 0 atom stereocenters. The van der Waals surface area contributed by atoms with Gasteiger partial charge in [-0.3, -0.25) is 14.9 Å². The fraction of sp³-hybridized carbons (Fsp3) is 0.368. The topological polar surface area (TPSA) is 91.6 Å². The molecule has 1 amide bonds. The number of aromatic nitrogens is 1. The van der Waals surface area contributed by atoms with Crippen LogP contribution in [0.15, 0.2) is 36.5 Å². The van der Waals surface area contributed by atoms with Gasteiger partial charge in [-0.15, -0.1) is 0 Å². The lowest BCUT2D eigenvalue weighted by Crippen LogP contribution is -2.24. The van der Waals surface area contributed by atoms with Crippen LogP contribution in [0.5, 0.6) is 0 Å². The maximum atomic E-state index is 12.2. The zero-order chi connectivity index (χ0) is 20.0. The Morgan fingerprint density at radius 2 is 1.96 bits per heavy atom. The van der Waals surface area contributed by atoms with E-state index in [2.05, 4.69) is 15.2 Å². The fourth-order valence-electron chi connectivity index (χ4n) is 2.57. The van der Waals surface area contributed by atoms with Gasteiger partial charge < -0.3 is 15.1 Å². The first-order chi connectivity index (χ1) is 12.8. The standard InChI is InChI=1S/C19H25N5O3/c1-14-11-16(24(26)27)6-7-17(14)21-19(25)9-10-23(4)13-15-5-8-18(20-12-15)22(2)3/h5-8,11-12H,9-10,13H2,1-4H3,(H,21,25). The Morgan fingerprint density at radius 3 is 2.52 bits per heavy atom. The zero-order valence-corrected chi connectivity index (χ0v) is 16.1. The number of benzene rings is 1. The van der Waals surface area contributed by atoms with Gasteiger partial charge in [-0.2, -0.15) is 0 Å². The number of non-ortho nitro benzene ring substituents is 1. The van der Waals surface area contributed by atoms with Gasteiger partial charge in [0.1, 0.15) is 5.82 Å². The number of nitro groups is 1. The molecule has 8 heteroatoms. The second-order valence-electron chi connectivity index (χ2n) is 6.71. The minimum Gasteiger partial charge on any atom is -0.363 e. The second kappa shape index (κ2) is 9.09. The number of rotatable bonds is 8. The van der Waals surface area contributed by atoms with E-state index in [0.29, 0.717) is 30.8 Å². The predicted molar refractivity (Wildman–Crippen MR) is 106 cm³/mol. The number of amides is 1. The van der Waals surface area contributed by atoms with Gasteiger partial charge in [0.2, 0.25) is 5.91 Å². The van der Waals surface area contributed by atoms with Gasteiger partial charge in [0, 0.05) is 57.6 Å². The van der Waals surface area contributed by atoms with Crippen molar-refractivity contribution in [3.63, 3.8) is 0 Å². The van der Waals surface area contributed by atoms with Gasteiger partial charge in [0.05, 0.1) is 4.92 Å². The number of hydrogen-bond acceptors (Lipinski definition) is 6. The first kappa shape index (κ1) is 20.3. The van der Waals surface area contributed by atoms with Crippen molar-refractivity contribution in [2.75, 3.05) is 37.9 Å². The molecule has 2 rings (SSSR count). The molecule has 144 valence electrons. The van der Waals surface area contributed by atoms with Crippen molar-refractivity contribution in [3.05, 3.63) is 57.8 Å². The first-order valence-corrected chi connectivity index (χ1v) is 8.62. The Hall–Kier alpha value is -3.00. The number of carbonyl (C=O) groups is 1. The molecule has 0 radical (unpaired) electrons. The number of nitrogens with one attached hydrogen (secondary N) is 1. The Labute approximate surface area is 159 Å². The lowest BCUT2D eigenvalue weighted by Gasteiger charge is -2.17. The lowest BCUT2D eigenvalue weighted by atomic mass is 10.1. The van der Waals surface area contributed by atoms with Gasteiger partial charge >= 0.3 is 0 Å². The van der Waals surface area contributed by atoms with E-state index in [4.69, 9.17) is 0 Å². The molecule has 0 aliphatic carbocycles. The molecule has 1 aromatic carbocycles. The van der Waals surface area contributed by atoms with E-state index < -0.39 is 4.92 Å². The third-order valence-electron chi connectivity index (χ3n) is 4.14. The monoisotopic (exact) mass is 371 g/mol. The van der Waals surface area contributed by atoms with Crippen molar-refractivity contribution in [2.45, 2.75) is 19.9 Å². The highest BCUT2D eigenvalue weighted by Crippen LogP contribution is 2.21. The molecule has 8 nitrogen and oxygen atoms in total. The maximum Gasteiger partial charge on any atom is 0.269 e. The summed E-state index contributed by atoms with van der Waals surface area (Å²) >= 11 is 0. The molecule has 1 aromatic heterocycles. The SMILES string of the molecule is Cc1cc([N+](=O)[O-])ccc1NC(=O)CCN(C)Cc1ccc(N(C)C)nc1. The Bertz CT molecular complexity index is 805. The molecule has 1 N–H and O–H groups in total. The van der Waals surface area contributed by atoms with E-state index in [9.17, 15) is 14.9 Å². The number of hydrogen-bond donors (Lipinski definition) is 1. The lowest BCUT2D eigenvalue weighted by molar-refractivity contribution is -0.384. The molecule has 2 aromatic rings. The third kappa shape index (κ3) is 6.03. The maximum absolute atomic E-state index is 12.2. The number of nitrogens with zero attached hydrogens (tertiary/aromatic N) is 4. The summed E-state index contributed by atoms with van der Waals surface area (Å²) in [5.74, 6) is 0.777. The van der Waals surface area contributed by atoms with Gasteiger partial charge in [-0.25, -0.2) is 4.98 Å². The van der Waals surface area contributed by atoms with E-state index in [-0.39, 0.29) is 11.6 Å². The van der Waals surface area contributed by atoms with Crippen molar-refractivity contribution in [1.82, 2.24) is 9.88 Å². The van der Waals surface area contributed by atoms with Gasteiger partial charge in [-0.1, -0.05) is 6.07 Å². The van der Waals surface area contributed by atoms with Gasteiger partial charge in [-0.05, 0) is 37.2 Å². The number of anilines is 2. The molecule has 0 bridgehead atoms. The van der Waals surface area contributed by atoms with Gasteiger partial charge in [0.15, 0.2) is 0 Å². The van der Waals surface area contributed by atoms with Crippen LogP contribution in [0.2, 0.25) is 0 Å². The molecule has 1 heterocycles. The molecule has 0 fully saturated rings. The van der Waals surface area contributed by atoms with Crippen molar-refractivity contribution in [2.24, 2.45) is 0 Å². The van der Waals surface area contributed by atoms with Crippen molar-refractivity contribution in [3.8, 4) is 0 Å². The summed E-state index contributed by atoms with van der Waals surface area (Å²) in [4.78, 5) is 30.9. The molecular formula is C19H25N5O3. The quantitative estimate of drug-likeness (QED) is 0.567. The van der Waals surface area contributed by atoms with E-state index >= 15 is 0 Å². The summed E-state index contributed by atoms with van der Waals surface area (Å²) in [6, 6.07) is 8.39. The Balaban J connectivity index is 1.83. The van der Waals surface area contributed by atoms with Crippen LogP contribution in [-0.2, 0) is 11.3 Å². The molecule has 0 saturated carbocycles. The molecular weight excluding hydrogens is 346 g/mol. The average molecular weight is 371 g/mol. The Morgan fingerprint density at radius 1 is 1.22 bits per heavy atom. The van der Waals surface area contributed by atoms with Crippen LogP contribution in [0.25, 0.3) is 0 Å². The highest BCUT2D eigenvalue weighted by atomic mass is 16.6. The van der Waals surface area contributed by atoms with Crippen molar-refractivity contribution < 1.29 is 9.72 Å². The second-order valence-corrected chi connectivity index (χ2v) is 6.71. The van der Waals surface area contributed by atoms with E-state index in [1.807, 2.05) is 44.4 Å². The summed E-state index contributed by atoms with van der Waals surface area (Å²) < 4.78 is 0. The van der Waals surface area contributed by atoms with Crippen LogP contribution < -0.4 is 10.2 Å². The summed E-state index contributed by atoms with van der Waals surface area (Å²) in [7, 11) is 5.84. The highest BCUT2D eigenvalue weighted by Gasteiger charge is 2.11. The zero-order valence-electron chi connectivity index (χ0n) is 16.1. The predicted octanol–water partition coefficient (Wildman–Crippen LogP) is 2.82. The first-order valence-electron chi connectivity index (χ1n) is 8.62. The smallest absolute Gasteiger partial charge is 0.269 e. The summed E-state index contributed by atoms with van der Waals surface area (Å²) in [6.07, 6.45) is 2.17. The molecule has 0 aliphatic heterocycles. The third-order valence-corrected chi connectivity index (χ3v) is 4.14.